The Hall–Kier alpha value is -1.75. The average molecular weight is 248 g/mol. The maximum Gasteiger partial charge on any atom is 0.178 e. The van der Waals surface area contributed by atoms with Crippen LogP contribution in [0.2, 0.25) is 0 Å². The molecule has 1 aliphatic heterocycles. The molecular weight excluding hydrogens is 236 g/mol. The van der Waals surface area contributed by atoms with Crippen LogP contribution in [0, 0.1) is 0 Å². The molecule has 1 aromatic carbocycles. The van der Waals surface area contributed by atoms with Crippen LogP contribution in [0.1, 0.15) is 5.56 Å². The SMILES string of the molecule is Nc1c[nH]cc1-c1cccc2c1CCS2(=O)=O. The minimum Gasteiger partial charge on any atom is -0.397 e. The van der Waals surface area contributed by atoms with Gasteiger partial charge in [-0.3, -0.25) is 0 Å². The zero-order valence-corrected chi connectivity index (χ0v) is 9.92. The third-order valence-electron chi connectivity index (χ3n) is 3.16. The molecule has 3 N–H and O–H groups in total. The lowest BCUT2D eigenvalue weighted by molar-refractivity contribution is 0.600. The number of rotatable bonds is 1. The second kappa shape index (κ2) is 3.37. The summed E-state index contributed by atoms with van der Waals surface area (Å²) < 4.78 is 23.6. The van der Waals surface area contributed by atoms with Gasteiger partial charge in [0.1, 0.15) is 0 Å². The molecule has 0 radical (unpaired) electrons. The molecule has 2 aromatic rings. The van der Waals surface area contributed by atoms with Gasteiger partial charge in [0.2, 0.25) is 0 Å². The minimum atomic E-state index is -3.08. The number of H-pyrrole nitrogens is 1. The predicted octanol–water partition coefficient (Wildman–Crippen LogP) is 1.59. The molecule has 0 fully saturated rings. The van der Waals surface area contributed by atoms with E-state index in [0.717, 1.165) is 16.7 Å². The Kier molecular flexibility index (Phi) is 2.06. The van der Waals surface area contributed by atoms with Crippen molar-refractivity contribution < 1.29 is 8.42 Å². The van der Waals surface area contributed by atoms with Gasteiger partial charge < -0.3 is 10.7 Å². The lowest BCUT2D eigenvalue weighted by Gasteiger charge is -2.06. The fraction of sp³-hybridized carbons (Fsp3) is 0.167. The number of nitrogens with two attached hydrogens (primary N) is 1. The van der Waals surface area contributed by atoms with Crippen LogP contribution in [-0.2, 0) is 16.3 Å². The second-order valence-electron chi connectivity index (χ2n) is 4.18. The number of aromatic nitrogens is 1. The van der Waals surface area contributed by atoms with E-state index in [-0.39, 0.29) is 5.75 Å². The van der Waals surface area contributed by atoms with E-state index in [1.165, 1.54) is 0 Å². The number of fused-ring (bicyclic) bond motifs is 1. The van der Waals surface area contributed by atoms with Crippen LogP contribution in [0.4, 0.5) is 5.69 Å². The topological polar surface area (TPSA) is 76.0 Å². The summed E-state index contributed by atoms with van der Waals surface area (Å²) in [7, 11) is -3.08. The standard InChI is InChI=1S/C12H12N2O2S/c13-11-7-14-6-10(11)8-2-1-3-12-9(8)4-5-17(12,15)16/h1-3,6-7,14H,4-5,13H2. The van der Waals surface area contributed by atoms with Crippen molar-refractivity contribution >= 4 is 15.5 Å². The van der Waals surface area contributed by atoms with Crippen molar-refractivity contribution in [3.8, 4) is 11.1 Å². The van der Waals surface area contributed by atoms with Crippen molar-refractivity contribution in [3.05, 3.63) is 36.2 Å². The smallest absolute Gasteiger partial charge is 0.178 e. The fourth-order valence-electron chi connectivity index (χ4n) is 2.32. The number of nitrogens with one attached hydrogen (secondary N) is 1. The molecule has 0 bridgehead atoms. The Morgan fingerprint density at radius 2 is 2.00 bits per heavy atom. The summed E-state index contributed by atoms with van der Waals surface area (Å²) in [5.41, 5.74) is 9.18. The molecule has 5 heteroatoms. The molecule has 0 amide bonds. The van der Waals surface area contributed by atoms with E-state index in [9.17, 15) is 8.42 Å². The number of nitrogen functional groups attached to an aromatic ring is 1. The van der Waals surface area contributed by atoms with Gasteiger partial charge in [-0.15, -0.1) is 0 Å². The van der Waals surface area contributed by atoms with Crippen molar-refractivity contribution in [2.45, 2.75) is 11.3 Å². The van der Waals surface area contributed by atoms with Crippen LogP contribution in [0.3, 0.4) is 0 Å². The average Bonchev–Trinajstić information content (AvgIpc) is 2.84. The zero-order chi connectivity index (χ0) is 12.0. The Morgan fingerprint density at radius 3 is 2.71 bits per heavy atom. The van der Waals surface area contributed by atoms with Gasteiger partial charge in [-0.1, -0.05) is 12.1 Å². The zero-order valence-electron chi connectivity index (χ0n) is 9.10. The molecule has 17 heavy (non-hydrogen) atoms. The van der Waals surface area contributed by atoms with E-state index in [4.69, 9.17) is 5.73 Å². The summed E-state index contributed by atoms with van der Waals surface area (Å²) in [6, 6.07) is 5.35. The first-order valence-corrected chi connectivity index (χ1v) is 7.02. The lowest BCUT2D eigenvalue weighted by Crippen LogP contribution is -1.98. The van der Waals surface area contributed by atoms with E-state index in [1.54, 1.807) is 24.5 Å². The Bertz CT molecular complexity index is 686. The fourth-order valence-corrected chi connectivity index (χ4v) is 3.89. The van der Waals surface area contributed by atoms with Crippen molar-refractivity contribution in [1.82, 2.24) is 4.98 Å². The second-order valence-corrected chi connectivity index (χ2v) is 6.25. The highest BCUT2D eigenvalue weighted by Crippen LogP contribution is 2.36. The molecule has 0 atom stereocenters. The quantitative estimate of drug-likeness (QED) is 0.804. The number of hydrogen-bond donors (Lipinski definition) is 2. The van der Waals surface area contributed by atoms with Gasteiger partial charge >= 0.3 is 0 Å². The summed E-state index contributed by atoms with van der Waals surface area (Å²) in [6.07, 6.45) is 4.08. The van der Waals surface area contributed by atoms with Gasteiger partial charge in [0.05, 0.1) is 16.3 Å². The van der Waals surface area contributed by atoms with Gasteiger partial charge in [0, 0.05) is 18.0 Å². The molecule has 0 aliphatic carbocycles. The number of hydrogen-bond acceptors (Lipinski definition) is 3. The molecule has 0 unspecified atom stereocenters. The van der Waals surface area contributed by atoms with Crippen molar-refractivity contribution in [1.29, 1.82) is 0 Å². The van der Waals surface area contributed by atoms with Crippen LogP contribution in [0.5, 0.6) is 0 Å². The first-order valence-electron chi connectivity index (χ1n) is 5.37. The van der Waals surface area contributed by atoms with Gasteiger partial charge in [0.25, 0.3) is 0 Å². The van der Waals surface area contributed by atoms with Crippen LogP contribution in [-0.4, -0.2) is 19.2 Å². The molecule has 4 nitrogen and oxygen atoms in total. The Balaban J connectivity index is 2.29. The monoisotopic (exact) mass is 248 g/mol. The summed E-state index contributed by atoms with van der Waals surface area (Å²) in [6.45, 7) is 0. The maximum absolute atomic E-state index is 11.8. The highest BCUT2D eigenvalue weighted by atomic mass is 32.2. The molecule has 1 aliphatic rings. The third kappa shape index (κ3) is 1.46. The van der Waals surface area contributed by atoms with Crippen molar-refractivity contribution in [2.75, 3.05) is 11.5 Å². The summed E-state index contributed by atoms with van der Waals surface area (Å²) in [5.74, 6) is 0.198. The first kappa shape index (κ1) is 10.4. The van der Waals surface area contributed by atoms with E-state index in [0.29, 0.717) is 17.0 Å². The molecule has 1 aromatic heterocycles. The van der Waals surface area contributed by atoms with E-state index >= 15 is 0 Å². The molecule has 3 rings (SSSR count). The molecule has 0 saturated carbocycles. The van der Waals surface area contributed by atoms with Gasteiger partial charge in [0.15, 0.2) is 9.84 Å². The van der Waals surface area contributed by atoms with Crippen LogP contribution >= 0.6 is 0 Å². The molecule has 0 saturated heterocycles. The van der Waals surface area contributed by atoms with Gasteiger partial charge in [-0.05, 0) is 23.6 Å². The normalized spacial score (nSPS) is 16.9. The predicted molar refractivity (Wildman–Crippen MR) is 66.4 cm³/mol. The lowest BCUT2D eigenvalue weighted by atomic mass is 10.00. The van der Waals surface area contributed by atoms with Crippen molar-refractivity contribution in [3.63, 3.8) is 0 Å². The van der Waals surface area contributed by atoms with Crippen LogP contribution in [0.15, 0.2) is 35.5 Å². The Labute approximate surface area is 99.4 Å². The first-order chi connectivity index (χ1) is 8.09. The minimum absolute atomic E-state index is 0.198. The van der Waals surface area contributed by atoms with E-state index in [2.05, 4.69) is 4.98 Å². The summed E-state index contributed by atoms with van der Waals surface area (Å²) in [4.78, 5) is 3.39. The molecule has 88 valence electrons. The maximum atomic E-state index is 11.8. The number of aromatic amines is 1. The van der Waals surface area contributed by atoms with Gasteiger partial charge in [-0.25, -0.2) is 8.42 Å². The highest BCUT2D eigenvalue weighted by Gasteiger charge is 2.28. The Morgan fingerprint density at radius 1 is 1.18 bits per heavy atom. The molecule has 0 spiro atoms. The van der Waals surface area contributed by atoms with Crippen LogP contribution in [0.25, 0.3) is 11.1 Å². The largest absolute Gasteiger partial charge is 0.397 e. The third-order valence-corrected chi connectivity index (χ3v) is 4.95. The number of benzene rings is 1. The molecule has 2 heterocycles. The number of sulfone groups is 1. The summed E-state index contributed by atoms with van der Waals surface area (Å²) >= 11 is 0. The van der Waals surface area contributed by atoms with Gasteiger partial charge in [-0.2, -0.15) is 0 Å². The van der Waals surface area contributed by atoms with E-state index in [1.807, 2.05) is 6.07 Å². The number of anilines is 1. The molecular formula is C12H12N2O2S. The van der Waals surface area contributed by atoms with Crippen molar-refractivity contribution in [2.24, 2.45) is 0 Å². The van der Waals surface area contributed by atoms with E-state index < -0.39 is 9.84 Å². The summed E-state index contributed by atoms with van der Waals surface area (Å²) in [5, 5.41) is 0. The van der Waals surface area contributed by atoms with Crippen LogP contribution < -0.4 is 5.73 Å². The highest BCUT2D eigenvalue weighted by molar-refractivity contribution is 7.91.